The summed E-state index contributed by atoms with van der Waals surface area (Å²) in [5.41, 5.74) is 0. The van der Waals surface area contributed by atoms with Gasteiger partial charge < -0.3 is 9.32 Å². The van der Waals surface area contributed by atoms with E-state index in [1.165, 1.54) is 23.1 Å². The van der Waals surface area contributed by atoms with E-state index in [9.17, 15) is 0 Å². The molecule has 3 heterocycles. The lowest BCUT2D eigenvalue weighted by molar-refractivity contribution is 0.500. The average Bonchev–Trinajstić information content (AvgIpc) is 3.05. The highest BCUT2D eigenvalue weighted by atomic mass is 32.1. The van der Waals surface area contributed by atoms with E-state index in [2.05, 4.69) is 27.9 Å². The van der Waals surface area contributed by atoms with Crippen molar-refractivity contribution in [2.75, 3.05) is 4.90 Å². The van der Waals surface area contributed by atoms with Gasteiger partial charge in [0, 0.05) is 10.9 Å². The van der Waals surface area contributed by atoms with Gasteiger partial charge in [-0.1, -0.05) is 6.92 Å². The van der Waals surface area contributed by atoms with Crippen LogP contribution < -0.4 is 4.90 Å². The molecule has 0 bridgehead atoms. The van der Waals surface area contributed by atoms with Crippen LogP contribution in [0.5, 0.6) is 0 Å². The van der Waals surface area contributed by atoms with E-state index in [-0.39, 0.29) is 0 Å². The zero-order chi connectivity index (χ0) is 14.2. The fraction of sp³-hybridized carbons (Fsp3) is 0.375. The molecule has 3 aromatic heterocycles. The van der Waals surface area contributed by atoms with Crippen LogP contribution in [-0.4, -0.2) is 16.0 Å². The van der Waals surface area contributed by atoms with Crippen LogP contribution in [0.25, 0.3) is 10.2 Å². The molecule has 5 heteroatoms. The molecule has 0 unspecified atom stereocenters. The molecule has 1 saturated carbocycles. The molecule has 108 valence electrons. The summed E-state index contributed by atoms with van der Waals surface area (Å²) in [6.45, 7) is 2.96. The third-order valence-corrected chi connectivity index (χ3v) is 5.06. The maximum Gasteiger partial charge on any atom is 0.141 e. The van der Waals surface area contributed by atoms with Gasteiger partial charge in [0.05, 0.1) is 18.2 Å². The Balaban J connectivity index is 1.76. The zero-order valence-electron chi connectivity index (χ0n) is 12.0. The third-order valence-electron chi connectivity index (χ3n) is 3.87. The summed E-state index contributed by atoms with van der Waals surface area (Å²) in [6.07, 6.45) is 6.93. The van der Waals surface area contributed by atoms with Crippen molar-refractivity contribution in [1.29, 1.82) is 0 Å². The molecule has 0 spiro atoms. The van der Waals surface area contributed by atoms with Crippen molar-refractivity contribution in [2.24, 2.45) is 0 Å². The van der Waals surface area contributed by atoms with E-state index in [0.717, 1.165) is 29.4 Å². The second-order valence-electron chi connectivity index (χ2n) is 5.42. The summed E-state index contributed by atoms with van der Waals surface area (Å²) < 4.78 is 5.52. The van der Waals surface area contributed by atoms with Crippen molar-refractivity contribution >= 4 is 27.4 Å². The van der Waals surface area contributed by atoms with Gasteiger partial charge in [-0.2, -0.15) is 0 Å². The van der Waals surface area contributed by atoms with Gasteiger partial charge in [-0.05, 0) is 37.5 Å². The number of hydrogen-bond donors (Lipinski definition) is 0. The highest BCUT2D eigenvalue weighted by Crippen LogP contribution is 2.37. The fourth-order valence-corrected chi connectivity index (χ4v) is 3.56. The van der Waals surface area contributed by atoms with Crippen molar-refractivity contribution in [3.8, 4) is 0 Å². The fourth-order valence-electron chi connectivity index (χ4n) is 2.63. The number of rotatable bonds is 5. The molecule has 0 atom stereocenters. The molecular weight excluding hydrogens is 282 g/mol. The van der Waals surface area contributed by atoms with Crippen LogP contribution in [0.15, 0.2) is 35.2 Å². The van der Waals surface area contributed by atoms with Gasteiger partial charge in [0.25, 0.3) is 0 Å². The molecule has 1 aliphatic rings. The van der Waals surface area contributed by atoms with E-state index in [1.807, 2.05) is 12.1 Å². The summed E-state index contributed by atoms with van der Waals surface area (Å²) in [7, 11) is 0. The van der Waals surface area contributed by atoms with Gasteiger partial charge in [0.1, 0.15) is 22.7 Å². The summed E-state index contributed by atoms with van der Waals surface area (Å²) in [6, 6.07) is 6.79. The number of aryl methyl sites for hydroxylation is 1. The minimum atomic E-state index is 0.582. The molecule has 1 fully saturated rings. The van der Waals surface area contributed by atoms with Crippen molar-refractivity contribution in [3.05, 3.63) is 41.4 Å². The van der Waals surface area contributed by atoms with E-state index < -0.39 is 0 Å². The SMILES string of the molecule is CCc1cc2c(N(Cc3ccco3)C3CC3)ncnc2s1. The van der Waals surface area contributed by atoms with Crippen LogP contribution in [0.4, 0.5) is 5.82 Å². The van der Waals surface area contributed by atoms with E-state index in [4.69, 9.17) is 4.42 Å². The molecule has 4 rings (SSSR count). The van der Waals surface area contributed by atoms with E-state index in [0.29, 0.717) is 6.04 Å². The first-order chi connectivity index (χ1) is 10.3. The first kappa shape index (κ1) is 12.8. The van der Waals surface area contributed by atoms with Gasteiger partial charge in [-0.25, -0.2) is 9.97 Å². The highest BCUT2D eigenvalue weighted by molar-refractivity contribution is 7.18. The molecule has 3 aromatic rings. The maximum absolute atomic E-state index is 5.52. The quantitative estimate of drug-likeness (QED) is 0.713. The van der Waals surface area contributed by atoms with Gasteiger partial charge in [-0.3, -0.25) is 0 Å². The molecular formula is C16H17N3OS. The lowest BCUT2D eigenvalue weighted by Crippen LogP contribution is -2.26. The first-order valence-corrected chi connectivity index (χ1v) is 8.19. The molecule has 0 radical (unpaired) electrons. The topological polar surface area (TPSA) is 42.2 Å². The number of thiophene rings is 1. The summed E-state index contributed by atoms with van der Waals surface area (Å²) in [4.78, 5) is 13.8. The Hall–Kier alpha value is -1.88. The van der Waals surface area contributed by atoms with E-state index >= 15 is 0 Å². The first-order valence-electron chi connectivity index (χ1n) is 7.37. The Kier molecular flexibility index (Phi) is 3.15. The van der Waals surface area contributed by atoms with Gasteiger partial charge in [0.2, 0.25) is 0 Å². The van der Waals surface area contributed by atoms with Gasteiger partial charge in [0.15, 0.2) is 0 Å². The number of furan rings is 1. The second-order valence-corrected chi connectivity index (χ2v) is 6.54. The predicted molar refractivity (Wildman–Crippen MR) is 84.7 cm³/mol. The van der Waals surface area contributed by atoms with Crippen molar-refractivity contribution in [1.82, 2.24) is 9.97 Å². The van der Waals surface area contributed by atoms with E-state index in [1.54, 1.807) is 23.9 Å². The standard InChI is InChI=1S/C16H17N3OS/c1-2-13-8-14-15(17-10-18-16(14)21-13)19(11-5-6-11)9-12-4-3-7-20-12/h3-4,7-8,10-11H,2,5-6,9H2,1H3. The molecule has 0 aliphatic heterocycles. The second kappa shape index (κ2) is 5.15. The molecule has 0 amide bonds. The Labute approximate surface area is 127 Å². The Morgan fingerprint density at radius 3 is 3.00 bits per heavy atom. The number of aromatic nitrogens is 2. The number of nitrogens with zero attached hydrogens (tertiary/aromatic N) is 3. The number of fused-ring (bicyclic) bond motifs is 1. The predicted octanol–water partition coefficient (Wildman–Crippen LogP) is 4.02. The molecule has 4 nitrogen and oxygen atoms in total. The van der Waals surface area contributed by atoms with Crippen molar-refractivity contribution in [2.45, 2.75) is 38.8 Å². The molecule has 0 N–H and O–H groups in total. The lowest BCUT2D eigenvalue weighted by Gasteiger charge is -2.22. The van der Waals surface area contributed by atoms with Crippen LogP contribution in [0, 0.1) is 0 Å². The Morgan fingerprint density at radius 2 is 2.29 bits per heavy atom. The molecule has 21 heavy (non-hydrogen) atoms. The largest absolute Gasteiger partial charge is 0.467 e. The normalized spacial score (nSPS) is 14.7. The summed E-state index contributed by atoms with van der Waals surface area (Å²) >= 11 is 1.77. The minimum Gasteiger partial charge on any atom is -0.467 e. The Morgan fingerprint density at radius 1 is 1.38 bits per heavy atom. The Bertz CT molecular complexity index is 746. The number of anilines is 1. The van der Waals surface area contributed by atoms with Crippen molar-refractivity contribution in [3.63, 3.8) is 0 Å². The van der Waals surface area contributed by atoms with Gasteiger partial charge >= 0.3 is 0 Å². The van der Waals surface area contributed by atoms with Crippen LogP contribution in [0.3, 0.4) is 0 Å². The number of hydrogen-bond acceptors (Lipinski definition) is 5. The summed E-state index contributed by atoms with van der Waals surface area (Å²) in [5, 5.41) is 1.18. The highest BCUT2D eigenvalue weighted by Gasteiger charge is 2.32. The minimum absolute atomic E-state index is 0.582. The molecule has 1 aliphatic carbocycles. The lowest BCUT2D eigenvalue weighted by atomic mass is 10.2. The molecule has 0 aromatic carbocycles. The molecule has 0 saturated heterocycles. The zero-order valence-corrected chi connectivity index (χ0v) is 12.8. The summed E-state index contributed by atoms with van der Waals surface area (Å²) in [5.74, 6) is 2.04. The van der Waals surface area contributed by atoms with Crippen molar-refractivity contribution < 1.29 is 4.42 Å². The van der Waals surface area contributed by atoms with Crippen LogP contribution in [0.2, 0.25) is 0 Å². The van der Waals surface area contributed by atoms with Crippen LogP contribution in [-0.2, 0) is 13.0 Å². The van der Waals surface area contributed by atoms with Crippen LogP contribution >= 0.6 is 11.3 Å². The smallest absolute Gasteiger partial charge is 0.141 e. The average molecular weight is 299 g/mol. The maximum atomic E-state index is 5.52. The van der Waals surface area contributed by atoms with Crippen LogP contribution in [0.1, 0.15) is 30.4 Å². The third kappa shape index (κ3) is 2.42. The van der Waals surface area contributed by atoms with Gasteiger partial charge in [-0.15, -0.1) is 11.3 Å². The monoisotopic (exact) mass is 299 g/mol.